The first-order valence-electron chi connectivity index (χ1n) is 2.52. The highest BCUT2D eigenvalue weighted by atomic mass is 19.1. The van der Waals surface area contributed by atoms with E-state index in [4.69, 9.17) is 15.3 Å². The molecule has 3 nitrogen and oxygen atoms in total. The Hall–Kier alpha value is -1.45. The zero-order valence-corrected chi connectivity index (χ0v) is 4.87. The molecule has 0 amide bonds. The zero-order chi connectivity index (χ0) is 7.72. The van der Waals surface area contributed by atoms with Gasteiger partial charge in [0, 0.05) is 0 Å². The largest absolute Gasteiger partial charge is 0.504 e. The van der Waals surface area contributed by atoms with Gasteiger partial charge in [0.15, 0.2) is 17.3 Å². The molecule has 0 heterocycles. The molecule has 0 atom stereocenters. The Labute approximate surface area is 56.0 Å². The van der Waals surface area contributed by atoms with Gasteiger partial charge >= 0.3 is 0 Å². The highest BCUT2D eigenvalue weighted by Gasteiger charge is 2.09. The first kappa shape index (κ1) is 6.67. The van der Waals surface area contributed by atoms with Gasteiger partial charge in [-0.3, -0.25) is 0 Å². The van der Waals surface area contributed by atoms with Gasteiger partial charge in [-0.2, -0.15) is 0 Å². The van der Waals surface area contributed by atoms with Gasteiger partial charge < -0.3 is 15.3 Å². The number of hydrogen-bond acceptors (Lipinski definition) is 3. The van der Waals surface area contributed by atoms with Gasteiger partial charge in [0.25, 0.3) is 0 Å². The minimum Gasteiger partial charge on any atom is -0.504 e. The van der Waals surface area contributed by atoms with Gasteiger partial charge in [-0.1, -0.05) is 0 Å². The summed E-state index contributed by atoms with van der Waals surface area (Å²) in [5.74, 6) is -3.27. The Balaban J connectivity index is 3.34. The maximum absolute atomic E-state index is 12.2. The van der Waals surface area contributed by atoms with Crippen LogP contribution in [0, 0.1) is 5.82 Å². The van der Waals surface area contributed by atoms with E-state index in [2.05, 4.69) is 0 Å². The molecule has 0 saturated heterocycles. The summed E-state index contributed by atoms with van der Waals surface area (Å²) in [6.07, 6.45) is 0. The van der Waals surface area contributed by atoms with Crippen molar-refractivity contribution >= 4 is 0 Å². The van der Waals surface area contributed by atoms with Crippen LogP contribution in [0.1, 0.15) is 0 Å². The normalized spacial score (nSPS) is 9.70. The molecule has 0 spiro atoms. The molecule has 0 unspecified atom stereocenters. The van der Waals surface area contributed by atoms with Crippen LogP contribution < -0.4 is 0 Å². The van der Waals surface area contributed by atoms with Crippen molar-refractivity contribution in [3.8, 4) is 17.2 Å². The van der Waals surface area contributed by atoms with E-state index >= 15 is 0 Å². The number of aromatic hydroxyl groups is 3. The number of phenols is 3. The average molecular weight is 144 g/mol. The number of rotatable bonds is 0. The fourth-order valence-electron chi connectivity index (χ4n) is 0.544. The number of hydrogen-bond donors (Lipinski definition) is 3. The molecule has 0 aliphatic heterocycles. The molecule has 0 fully saturated rings. The van der Waals surface area contributed by atoms with Crippen molar-refractivity contribution in [2.45, 2.75) is 0 Å². The summed E-state index contributed by atoms with van der Waals surface area (Å²) in [5, 5.41) is 25.9. The average Bonchev–Trinajstić information content (AvgIpc) is 1.93. The summed E-state index contributed by atoms with van der Waals surface area (Å²) in [6.45, 7) is 0. The molecule has 10 heavy (non-hydrogen) atoms. The van der Waals surface area contributed by atoms with E-state index in [1.165, 1.54) is 0 Å². The van der Waals surface area contributed by atoms with E-state index in [9.17, 15) is 4.39 Å². The maximum atomic E-state index is 12.2. The van der Waals surface area contributed by atoms with Crippen LogP contribution in [0.4, 0.5) is 4.39 Å². The van der Waals surface area contributed by atoms with Crippen molar-refractivity contribution in [1.29, 1.82) is 0 Å². The van der Waals surface area contributed by atoms with Gasteiger partial charge in [0.2, 0.25) is 5.75 Å². The smallest absolute Gasteiger partial charge is 0.203 e. The van der Waals surface area contributed by atoms with Crippen molar-refractivity contribution in [2.24, 2.45) is 0 Å². The van der Waals surface area contributed by atoms with E-state index in [1.807, 2.05) is 0 Å². The molecule has 0 radical (unpaired) electrons. The predicted molar refractivity (Wildman–Crippen MR) is 31.4 cm³/mol. The van der Waals surface area contributed by atoms with Crippen LogP contribution in [-0.2, 0) is 0 Å². The molecular formula is C6H5FO3. The van der Waals surface area contributed by atoms with Crippen molar-refractivity contribution in [3.05, 3.63) is 17.9 Å². The number of benzene rings is 1. The molecule has 0 aromatic heterocycles. The molecule has 3 N–H and O–H groups in total. The Morgan fingerprint density at radius 1 is 1.00 bits per heavy atom. The van der Waals surface area contributed by atoms with E-state index < -0.39 is 23.1 Å². The lowest BCUT2D eigenvalue weighted by molar-refractivity contribution is 0.351. The van der Waals surface area contributed by atoms with Gasteiger partial charge in [0.1, 0.15) is 0 Å². The lowest BCUT2D eigenvalue weighted by Crippen LogP contribution is -1.76. The Kier molecular flexibility index (Phi) is 1.37. The van der Waals surface area contributed by atoms with Crippen LogP contribution in [0.3, 0.4) is 0 Å². The Bertz CT molecular complexity index is 232. The fraction of sp³-hybridized carbons (Fsp3) is 0. The topological polar surface area (TPSA) is 60.7 Å². The summed E-state index contributed by atoms with van der Waals surface area (Å²) in [5.41, 5.74) is 0. The zero-order valence-electron chi connectivity index (χ0n) is 4.87. The van der Waals surface area contributed by atoms with E-state index in [1.54, 1.807) is 0 Å². The minimum absolute atomic E-state index is 0.543. The van der Waals surface area contributed by atoms with Crippen LogP contribution in [0.25, 0.3) is 0 Å². The third-order valence-corrected chi connectivity index (χ3v) is 1.08. The molecule has 4 heteroatoms. The summed E-state index contributed by atoms with van der Waals surface area (Å²) < 4.78 is 12.2. The monoisotopic (exact) mass is 144 g/mol. The van der Waals surface area contributed by atoms with Gasteiger partial charge in [-0.25, -0.2) is 4.39 Å². The molecule has 54 valence electrons. The second kappa shape index (κ2) is 2.06. The third-order valence-electron chi connectivity index (χ3n) is 1.08. The molecular weight excluding hydrogens is 139 g/mol. The molecule has 0 bridgehead atoms. The van der Waals surface area contributed by atoms with Crippen molar-refractivity contribution in [2.75, 3.05) is 0 Å². The minimum atomic E-state index is -0.963. The number of halogens is 1. The first-order chi connectivity index (χ1) is 4.63. The van der Waals surface area contributed by atoms with Gasteiger partial charge in [0.05, 0.1) is 0 Å². The summed E-state index contributed by atoms with van der Waals surface area (Å²) in [7, 11) is 0. The summed E-state index contributed by atoms with van der Waals surface area (Å²) in [6, 6.07) is 1.80. The second-order valence-electron chi connectivity index (χ2n) is 1.76. The molecule has 1 aromatic rings. The summed E-state index contributed by atoms with van der Waals surface area (Å²) >= 11 is 0. The van der Waals surface area contributed by atoms with E-state index in [0.29, 0.717) is 0 Å². The number of phenolic OH excluding ortho intramolecular Hbond substituents is 3. The predicted octanol–water partition coefficient (Wildman–Crippen LogP) is 0.942. The first-order valence-corrected chi connectivity index (χ1v) is 2.52. The lowest BCUT2D eigenvalue weighted by Gasteiger charge is -1.99. The standard InChI is InChI=1S/C6H5FO3/c7-3-1-2-4(8)6(10)5(3)9/h1-2,8-10H. The van der Waals surface area contributed by atoms with Crippen LogP contribution in [0.15, 0.2) is 12.1 Å². The highest BCUT2D eigenvalue weighted by molar-refractivity contribution is 5.48. The fourth-order valence-corrected chi connectivity index (χ4v) is 0.544. The van der Waals surface area contributed by atoms with Crippen LogP contribution in [0.2, 0.25) is 0 Å². The molecule has 0 aliphatic carbocycles. The molecule has 0 saturated carbocycles. The van der Waals surface area contributed by atoms with E-state index in [-0.39, 0.29) is 0 Å². The quantitative estimate of drug-likeness (QED) is 0.475. The van der Waals surface area contributed by atoms with Crippen LogP contribution >= 0.6 is 0 Å². The SMILES string of the molecule is Oc1ccc(F)c(O)c1O. The highest BCUT2D eigenvalue weighted by Crippen LogP contribution is 2.35. The third kappa shape index (κ3) is 0.834. The maximum Gasteiger partial charge on any atom is 0.203 e. The lowest BCUT2D eigenvalue weighted by atomic mass is 10.3. The van der Waals surface area contributed by atoms with Crippen molar-refractivity contribution in [3.63, 3.8) is 0 Å². The van der Waals surface area contributed by atoms with Gasteiger partial charge in [-0.15, -0.1) is 0 Å². The van der Waals surface area contributed by atoms with Crippen molar-refractivity contribution in [1.82, 2.24) is 0 Å². The van der Waals surface area contributed by atoms with Crippen LogP contribution in [-0.4, -0.2) is 15.3 Å². The second-order valence-corrected chi connectivity index (χ2v) is 1.76. The Morgan fingerprint density at radius 2 is 1.60 bits per heavy atom. The molecule has 1 aromatic carbocycles. The van der Waals surface area contributed by atoms with Crippen LogP contribution in [0.5, 0.6) is 17.2 Å². The van der Waals surface area contributed by atoms with E-state index in [0.717, 1.165) is 12.1 Å². The van der Waals surface area contributed by atoms with Gasteiger partial charge in [-0.05, 0) is 12.1 Å². The molecule has 0 aliphatic rings. The molecule has 1 rings (SSSR count). The summed E-state index contributed by atoms with van der Waals surface area (Å²) in [4.78, 5) is 0. The Morgan fingerprint density at radius 3 is 2.10 bits per heavy atom. The van der Waals surface area contributed by atoms with Crippen molar-refractivity contribution < 1.29 is 19.7 Å².